The quantitative estimate of drug-likeness (QED) is 0.453. The molecule has 1 aliphatic heterocycles. The SMILES string of the molecule is CNC(=O)c1cc([N+](=O)[O-])ccc1N1CCOC(c2cc(F)c(Cl)cc2Cl)C1. The summed E-state index contributed by atoms with van der Waals surface area (Å²) in [6, 6.07) is 6.64. The second-order valence-electron chi connectivity index (χ2n) is 6.13. The number of ether oxygens (including phenoxy) is 1. The zero-order valence-corrected chi connectivity index (χ0v) is 16.3. The number of amides is 1. The second kappa shape index (κ2) is 8.30. The smallest absolute Gasteiger partial charge is 0.270 e. The summed E-state index contributed by atoms with van der Waals surface area (Å²) in [5.41, 5.74) is 0.946. The number of carbonyl (C=O) groups excluding carboxylic acids is 1. The third-order valence-corrected chi connectivity index (χ3v) is 5.07. The third-order valence-electron chi connectivity index (χ3n) is 4.46. The number of morpholine rings is 1. The van der Waals surface area contributed by atoms with Crippen LogP contribution in [0.2, 0.25) is 10.0 Å². The van der Waals surface area contributed by atoms with Gasteiger partial charge in [0, 0.05) is 42.9 Å². The minimum atomic E-state index is -0.608. The first-order valence-corrected chi connectivity index (χ1v) is 9.09. The van der Waals surface area contributed by atoms with Crippen molar-refractivity contribution in [2.45, 2.75) is 6.10 Å². The fourth-order valence-electron chi connectivity index (χ4n) is 3.07. The van der Waals surface area contributed by atoms with Gasteiger partial charge < -0.3 is 15.0 Å². The predicted octanol–water partition coefficient (Wildman–Crippen LogP) is 3.98. The predicted molar refractivity (Wildman–Crippen MR) is 104 cm³/mol. The molecule has 0 spiro atoms. The van der Waals surface area contributed by atoms with Crippen molar-refractivity contribution in [3.63, 3.8) is 0 Å². The first-order chi connectivity index (χ1) is 13.3. The van der Waals surface area contributed by atoms with Crippen LogP contribution in [0.5, 0.6) is 0 Å². The Morgan fingerprint density at radius 2 is 2.07 bits per heavy atom. The third kappa shape index (κ3) is 4.04. The Bertz CT molecular complexity index is 941. The Morgan fingerprint density at radius 3 is 2.75 bits per heavy atom. The lowest BCUT2D eigenvalue weighted by atomic mass is 10.0. The summed E-state index contributed by atoms with van der Waals surface area (Å²) < 4.78 is 19.6. The van der Waals surface area contributed by atoms with Gasteiger partial charge in [0.2, 0.25) is 0 Å². The maximum atomic E-state index is 13.9. The summed E-state index contributed by atoms with van der Waals surface area (Å²) in [4.78, 5) is 24.6. The van der Waals surface area contributed by atoms with E-state index in [0.29, 0.717) is 24.4 Å². The summed E-state index contributed by atoms with van der Waals surface area (Å²) in [5, 5.41) is 13.7. The highest BCUT2D eigenvalue weighted by atomic mass is 35.5. The molecule has 0 bridgehead atoms. The van der Waals surface area contributed by atoms with Crippen LogP contribution in [-0.4, -0.2) is 37.6 Å². The number of nitrogens with one attached hydrogen (secondary N) is 1. The minimum absolute atomic E-state index is 0.0845. The first kappa shape index (κ1) is 20.3. The van der Waals surface area contributed by atoms with Gasteiger partial charge in [0.05, 0.1) is 27.8 Å². The first-order valence-electron chi connectivity index (χ1n) is 8.33. The van der Waals surface area contributed by atoms with E-state index in [4.69, 9.17) is 27.9 Å². The number of rotatable bonds is 4. The monoisotopic (exact) mass is 427 g/mol. The Balaban J connectivity index is 1.95. The molecule has 28 heavy (non-hydrogen) atoms. The van der Waals surface area contributed by atoms with Crippen molar-refractivity contribution < 1.29 is 18.8 Å². The Hall–Kier alpha value is -2.42. The molecule has 1 amide bonds. The zero-order chi connectivity index (χ0) is 20.4. The van der Waals surface area contributed by atoms with Crippen LogP contribution in [0.15, 0.2) is 30.3 Å². The lowest BCUT2D eigenvalue weighted by molar-refractivity contribution is -0.384. The number of halogens is 3. The van der Waals surface area contributed by atoms with Crippen LogP contribution < -0.4 is 10.2 Å². The van der Waals surface area contributed by atoms with E-state index in [1.54, 1.807) is 0 Å². The van der Waals surface area contributed by atoms with E-state index in [0.717, 1.165) is 0 Å². The number of hydrogen-bond donors (Lipinski definition) is 1. The van der Waals surface area contributed by atoms with Crippen molar-refractivity contribution in [3.05, 3.63) is 67.4 Å². The van der Waals surface area contributed by atoms with Gasteiger partial charge in [0.25, 0.3) is 11.6 Å². The molecule has 2 aromatic rings. The average Bonchev–Trinajstić information content (AvgIpc) is 2.69. The Morgan fingerprint density at radius 1 is 1.32 bits per heavy atom. The van der Waals surface area contributed by atoms with E-state index in [2.05, 4.69) is 5.32 Å². The Kier molecular flexibility index (Phi) is 6.02. The van der Waals surface area contributed by atoms with Crippen LogP contribution in [0.25, 0.3) is 0 Å². The molecular weight excluding hydrogens is 412 g/mol. The fraction of sp³-hybridized carbons (Fsp3) is 0.278. The van der Waals surface area contributed by atoms with Gasteiger partial charge in [-0.2, -0.15) is 0 Å². The molecule has 1 aliphatic rings. The lowest BCUT2D eigenvalue weighted by Crippen LogP contribution is -2.39. The molecule has 148 valence electrons. The molecule has 0 aliphatic carbocycles. The van der Waals surface area contributed by atoms with Gasteiger partial charge in [-0.25, -0.2) is 4.39 Å². The molecule has 1 atom stereocenters. The van der Waals surface area contributed by atoms with Crippen LogP contribution >= 0.6 is 23.2 Å². The van der Waals surface area contributed by atoms with E-state index in [1.807, 2.05) is 4.90 Å². The van der Waals surface area contributed by atoms with Crippen LogP contribution in [0.4, 0.5) is 15.8 Å². The molecule has 1 unspecified atom stereocenters. The summed E-state index contributed by atoms with van der Waals surface area (Å²) in [7, 11) is 1.45. The number of nitro groups is 1. The molecule has 0 radical (unpaired) electrons. The number of non-ortho nitro benzene ring substituents is 1. The van der Waals surface area contributed by atoms with Crippen LogP contribution in [0.3, 0.4) is 0 Å². The standard InChI is InChI=1S/C18H16Cl2FN3O4/c1-22-18(25)12-6-10(24(26)27)2-3-16(12)23-4-5-28-17(9-23)11-7-15(21)14(20)8-13(11)19/h2-3,6-8,17H,4-5,9H2,1H3,(H,22,25). The average molecular weight is 428 g/mol. The number of nitrogens with zero attached hydrogens (tertiary/aromatic N) is 2. The summed E-state index contributed by atoms with van der Waals surface area (Å²) in [5.74, 6) is -1.06. The highest BCUT2D eigenvalue weighted by Crippen LogP contribution is 2.35. The van der Waals surface area contributed by atoms with Crippen molar-refractivity contribution in [3.8, 4) is 0 Å². The van der Waals surface area contributed by atoms with E-state index in [9.17, 15) is 19.3 Å². The maximum absolute atomic E-state index is 13.9. The summed E-state index contributed by atoms with van der Waals surface area (Å²) in [6.45, 7) is 1.03. The summed E-state index contributed by atoms with van der Waals surface area (Å²) >= 11 is 12.0. The van der Waals surface area contributed by atoms with Crippen molar-refractivity contribution >= 4 is 40.5 Å². The summed E-state index contributed by atoms with van der Waals surface area (Å²) in [6.07, 6.45) is -0.555. The highest BCUT2D eigenvalue weighted by Gasteiger charge is 2.28. The van der Waals surface area contributed by atoms with Crippen LogP contribution in [0.1, 0.15) is 22.0 Å². The normalized spacial score (nSPS) is 16.7. The molecule has 0 aromatic heterocycles. The number of benzene rings is 2. The van der Waals surface area contributed by atoms with Gasteiger partial charge in [0.15, 0.2) is 0 Å². The minimum Gasteiger partial charge on any atom is -0.370 e. The second-order valence-corrected chi connectivity index (χ2v) is 6.95. The van der Waals surface area contributed by atoms with Crippen LogP contribution in [-0.2, 0) is 4.74 Å². The van der Waals surface area contributed by atoms with Crippen molar-refractivity contribution in [1.29, 1.82) is 0 Å². The fourth-order valence-corrected chi connectivity index (χ4v) is 3.58. The van der Waals surface area contributed by atoms with Gasteiger partial charge in [-0.15, -0.1) is 0 Å². The van der Waals surface area contributed by atoms with E-state index >= 15 is 0 Å². The highest BCUT2D eigenvalue weighted by molar-refractivity contribution is 6.35. The van der Waals surface area contributed by atoms with Gasteiger partial charge in [-0.1, -0.05) is 23.2 Å². The van der Waals surface area contributed by atoms with E-state index < -0.39 is 22.8 Å². The number of anilines is 1. The Labute approximate surface area is 170 Å². The largest absolute Gasteiger partial charge is 0.370 e. The van der Waals surface area contributed by atoms with Crippen LogP contribution in [0, 0.1) is 15.9 Å². The van der Waals surface area contributed by atoms with Crippen molar-refractivity contribution in [1.82, 2.24) is 5.32 Å². The molecule has 1 N–H and O–H groups in total. The lowest BCUT2D eigenvalue weighted by Gasteiger charge is -2.36. The van der Waals surface area contributed by atoms with Gasteiger partial charge in [0.1, 0.15) is 11.9 Å². The molecule has 7 nitrogen and oxygen atoms in total. The molecule has 1 fully saturated rings. The molecule has 0 saturated carbocycles. The topological polar surface area (TPSA) is 84.7 Å². The number of carbonyl (C=O) groups is 1. The molecular formula is C18H16Cl2FN3O4. The van der Waals surface area contributed by atoms with Gasteiger partial charge >= 0.3 is 0 Å². The van der Waals surface area contributed by atoms with E-state index in [1.165, 1.54) is 37.4 Å². The maximum Gasteiger partial charge on any atom is 0.270 e. The number of nitro benzene ring substituents is 1. The van der Waals surface area contributed by atoms with Gasteiger partial charge in [-0.05, 0) is 18.2 Å². The molecule has 1 heterocycles. The van der Waals surface area contributed by atoms with E-state index in [-0.39, 0.29) is 27.8 Å². The van der Waals surface area contributed by atoms with Crippen molar-refractivity contribution in [2.75, 3.05) is 31.6 Å². The van der Waals surface area contributed by atoms with Gasteiger partial charge in [-0.3, -0.25) is 14.9 Å². The molecule has 10 heteroatoms. The molecule has 2 aromatic carbocycles. The zero-order valence-electron chi connectivity index (χ0n) is 14.7. The molecule has 1 saturated heterocycles. The van der Waals surface area contributed by atoms with Crippen molar-refractivity contribution in [2.24, 2.45) is 0 Å². The molecule has 3 rings (SSSR count). The number of hydrogen-bond acceptors (Lipinski definition) is 5.